The number of hydrogen-bond acceptors (Lipinski definition) is 3. The van der Waals surface area contributed by atoms with E-state index in [1.54, 1.807) is 23.5 Å². The molecule has 0 saturated heterocycles. The summed E-state index contributed by atoms with van der Waals surface area (Å²) in [5.41, 5.74) is 0. The Morgan fingerprint density at radius 1 is 1.38 bits per heavy atom. The van der Waals surface area contributed by atoms with Gasteiger partial charge in [-0.15, -0.1) is 30.1 Å². The van der Waals surface area contributed by atoms with Crippen LogP contribution in [0, 0.1) is 5.92 Å². The third-order valence-corrected chi connectivity index (χ3v) is 5.02. The molecule has 3 heteroatoms. The van der Waals surface area contributed by atoms with Crippen LogP contribution in [0.1, 0.15) is 20.8 Å². The van der Waals surface area contributed by atoms with E-state index in [0.29, 0.717) is 0 Å². The minimum atomic E-state index is -0.314. The molecule has 0 aliphatic rings. The zero-order valence-corrected chi connectivity index (χ0v) is 10.2. The number of carbonyl (C=O) groups is 1. The zero-order chi connectivity index (χ0) is 10.3. The van der Waals surface area contributed by atoms with Crippen LogP contribution in [0.5, 0.6) is 0 Å². The van der Waals surface area contributed by atoms with Gasteiger partial charge in [-0.25, -0.2) is 0 Å². The van der Waals surface area contributed by atoms with Crippen molar-refractivity contribution in [3.05, 3.63) is 12.7 Å². The maximum Gasteiger partial charge on any atom is 0.146 e. The quantitative estimate of drug-likeness (QED) is 0.371. The summed E-state index contributed by atoms with van der Waals surface area (Å²) in [6.07, 6.45) is 2.93. The van der Waals surface area contributed by atoms with Crippen LogP contribution in [0.3, 0.4) is 0 Å². The van der Waals surface area contributed by atoms with Gasteiger partial charge in [-0.05, 0) is 11.5 Å². The molecule has 0 fully saturated rings. The predicted octanol–water partition coefficient (Wildman–Crippen LogP) is 3.21. The molecule has 0 aliphatic heterocycles. The molecule has 0 aromatic rings. The predicted molar refractivity (Wildman–Crippen MR) is 64.4 cm³/mol. The van der Waals surface area contributed by atoms with Gasteiger partial charge >= 0.3 is 0 Å². The van der Waals surface area contributed by atoms with Crippen LogP contribution in [-0.2, 0) is 4.79 Å². The summed E-state index contributed by atoms with van der Waals surface area (Å²) in [6.45, 7) is 9.96. The van der Waals surface area contributed by atoms with Gasteiger partial charge in [-0.2, -0.15) is 0 Å². The third-order valence-electron chi connectivity index (χ3n) is 1.89. The lowest BCUT2D eigenvalue weighted by Gasteiger charge is -2.30. The largest absolute Gasteiger partial charge is 0.301 e. The van der Waals surface area contributed by atoms with Crippen molar-refractivity contribution in [3.8, 4) is 0 Å². The summed E-state index contributed by atoms with van der Waals surface area (Å²) >= 11 is 3.41. The lowest BCUT2D eigenvalue weighted by molar-refractivity contribution is -0.108. The second-order valence-corrected chi connectivity index (χ2v) is 6.07. The summed E-state index contributed by atoms with van der Waals surface area (Å²) in [5.74, 6) is 2.15. The Morgan fingerprint density at radius 2 is 1.85 bits per heavy atom. The van der Waals surface area contributed by atoms with Crippen LogP contribution in [-0.4, -0.2) is 21.9 Å². The molecule has 0 amide bonds. The number of carbonyl (C=O) groups excluding carboxylic acids is 1. The number of thioether (sulfide) groups is 2. The molecule has 0 aromatic carbocycles. The van der Waals surface area contributed by atoms with Crippen molar-refractivity contribution in [1.29, 1.82) is 0 Å². The fraction of sp³-hybridized carbons (Fsp3) is 0.700. The lowest BCUT2D eigenvalue weighted by atomic mass is 10.1. The molecule has 13 heavy (non-hydrogen) atoms. The number of rotatable bonds is 7. The van der Waals surface area contributed by atoms with Crippen LogP contribution in [0.15, 0.2) is 12.7 Å². The van der Waals surface area contributed by atoms with E-state index in [-0.39, 0.29) is 10.00 Å². The molecule has 0 radical (unpaired) electrons. The van der Waals surface area contributed by atoms with Gasteiger partial charge in [0.25, 0.3) is 0 Å². The standard InChI is InChI=1S/C10H18OS2/c1-5-9(4)10(8-11,12-6-2)13-7-3/h5,8-9H,1,6-7H2,2-4H3. The Labute approximate surface area is 89.7 Å². The molecule has 1 unspecified atom stereocenters. The first-order valence-corrected chi connectivity index (χ1v) is 6.50. The van der Waals surface area contributed by atoms with Gasteiger partial charge in [0.2, 0.25) is 0 Å². The van der Waals surface area contributed by atoms with E-state index in [0.717, 1.165) is 17.8 Å². The van der Waals surface area contributed by atoms with Crippen LogP contribution in [0.25, 0.3) is 0 Å². The van der Waals surface area contributed by atoms with E-state index >= 15 is 0 Å². The van der Waals surface area contributed by atoms with Crippen molar-refractivity contribution in [3.63, 3.8) is 0 Å². The molecule has 76 valence electrons. The van der Waals surface area contributed by atoms with Gasteiger partial charge in [0.1, 0.15) is 10.4 Å². The maximum atomic E-state index is 11.1. The Morgan fingerprint density at radius 3 is 2.08 bits per heavy atom. The first kappa shape index (κ1) is 13.1. The van der Waals surface area contributed by atoms with E-state index in [4.69, 9.17) is 0 Å². The van der Waals surface area contributed by atoms with Gasteiger partial charge < -0.3 is 4.79 Å². The van der Waals surface area contributed by atoms with Crippen molar-refractivity contribution >= 4 is 29.8 Å². The van der Waals surface area contributed by atoms with Crippen LogP contribution in [0.4, 0.5) is 0 Å². The van der Waals surface area contributed by atoms with E-state index in [1.165, 1.54) is 0 Å². The topological polar surface area (TPSA) is 17.1 Å². The molecule has 0 spiro atoms. The van der Waals surface area contributed by atoms with Crippen LogP contribution in [0.2, 0.25) is 0 Å². The van der Waals surface area contributed by atoms with Crippen molar-refractivity contribution in [1.82, 2.24) is 0 Å². The summed E-state index contributed by atoms with van der Waals surface area (Å²) in [6, 6.07) is 0. The van der Waals surface area contributed by atoms with E-state index < -0.39 is 0 Å². The van der Waals surface area contributed by atoms with Crippen molar-refractivity contribution in [2.75, 3.05) is 11.5 Å². The SMILES string of the molecule is C=CC(C)C(C=O)(SCC)SCC. The summed E-state index contributed by atoms with van der Waals surface area (Å²) in [5, 5.41) is 0. The highest BCUT2D eigenvalue weighted by Crippen LogP contribution is 2.42. The fourth-order valence-corrected chi connectivity index (χ4v) is 3.89. The fourth-order valence-electron chi connectivity index (χ4n) is 1.10. The molecular weight excluding hydrogens is 200 g/mol. The van der Waals surface area contributed by atoms with Gasteiger partial charge in [0.15, 0.2) is 0 Å². The van der Waals surface area contributed by atoms with Crippen molar-refractivity contribution in [2.24, 2.45) is 5.92 Å². The molecule has 1 nitrogen and oxygen atoms in total. The molecule has 0 saturated carbocycles. The summed E-state index contributed by atoms with van der Waals surface area (Å²) in [4.78, 5) is 11.1. The van der Waals surface area contributed by atoms with E-state index in [9.17, 15) is 4.79 Å². The lowest BCUT2D eigenvalue weighted by Crippen LogP contribution is -2.30. The molecule has 0 rings (SSSR count). The van der Waals surface area contributed by atoms with E-state index in [1.807, 2.05) is 13.0 Å². The first-order chi connectivity index (χ1) is 6.16. The van der Waals surface area contributed by atoms with E-state index in [2.05, 4.69) is 20.4 Å². The van der Waals surface area contributed by atoms with Gasteiger partial charge in [-0.3, -0.25) is 0 Å². The normalized spacial score (nSPS) is 13.8. The average molecular weight is 218 g/mol. The minimum Gasteiger partial charge on any atom is -0.301 e. The van der Waals surface area contributed by atoms with Crippen molar-refractivity contribution < 1.29 is 4.79 Å². The first-order valence-electron chi connectivity index (χ1n) is 4.53. The van der Waals surface area contributed by atoms with Crippen LogP contribution >= 0.6 is 23.5 Å². The third kappa shape index (κ3) is 3.39. The number of hydrogen-bond donors (Lipinski definition) is 0. The van der Waals surface area contributed by atoms with Crippen molar-refractivity contribution in [2.45, 2.75) is 24.9 Å². The molecule has 1 atom stereocenters. The molecule has 0 aromatic heterocycles. The van der Waals surface area contributed by atoms with Gasteiger partial charge in [0, 0.05) is 5.92 Å². The minimum absolute atomic E-state index is 0.222. The van der Waals surface area contributed by atoms with Gasteiger partial charge in [0.05, 0.1) is 0 Å². The number of aldehydes is 1. The highest BCUT2D eigenvalue weighted by Gasteiger charge is 2.34. The summed E-state index contributed by atoms with van der Waals surface area (Å²) in [7, 11) is 0. The molecular formula is C10H18OS2. The highest BCUT2D eigenvalue weighted by atomic mass is 32.2. The summed E-state index contributed by atoms with van der Waals surface area (Å²) < 4.78 is -0.314. The highest BCUT2D eigenvalue weighted by molar-refractivity contribution is 8.19. The Kier molecular flexibility index (Phi) is 6.60. The molecule has 0 bridgehead atoms. The second-order valence-electron chi connectivity index (χ2n) is 2.73. The second kappa shape index (κ2) is 6.55. The molecule has 0 heterocycles. The Bertz CT molecular complexity index is 162. The zero-order valence-electron chi connectivity index (χ0n) is 8.58. The molecule has 0 N–H and O–H groups in total. The van der Waals surface area contributed by atoms with Crippen LogP contribution < -0.4 is 0 Å². The monoisotopic (exact) mass is 218 g/mol. The Hall–Kier alpha value is 0.110. The van der Waals surface area contributed by atoms with Gasteiger partial charge in [-0.1, -0.05) is 26.8 Å². The average Bonchev–Trinajstić information content (AvgIpc) is 2.16. The maximum absolute atomic E-state index is 11.1. The molecule has 0 aliphatic carbocycles. The smallest absolute Gasteiger partial charge is 0.146 e. The number of allylic oxidation sites excluding steroid dienone is 1. The Balaban J connectivity index is 4.61.